The van der Waals surface area contributed by atoms with Crippen LogP contribution < -0.4 is 16.0 Å². The van der Waals surface area contributed by atoms with Gasteiger partial charge in [0.25, 0.3) is 0 Å². The van der Waals surface area contributed by atoms with Crippen molar-refractivity contribution in [3.8, 4) is 0 Å². The van der Waals surface area contributed by atoms with Gasteiger partial charge in [-0.05, 0) is 23.8 Å². The maximum Gasteiger partial charge on any atom is 0.471 e. The predicted octanol–water partition coefficient (Wildman–Crippen LogP) is 4.45. The van der Waals surface area contributed by atoms with Crippen LogP contribution in [0.2, 0.25) is 0 Å². The van der Waals surface area contributed by atoms with Gasteiger partial charge in [-0.2, -0.15) is 13.2 Å². The summed E-state index contributed by atoms with van der Waals surface area (Å²) < 4.78 is 39.8. The summed E-state index contributed by atoms with van der Waals surface area (Å²) in [4.78, 5) is 26.3. The predicted molar refractivity (Wildman–Crippen MR) is 134 cm³/mol. The third-order valence-corrected chi connectivity index (χ3v) is 7.09. The largest absolute Gasteiger partial charge is 0.471 e. The van der Waals surface area contributed by atoms with E-state index >= 15 is 0 Å². The zero-order valence-electron chi connectivity index (χ0n) is 20.4. The fourth-order valence-electron chi connectivity index (χ4n) is 3.08. The molecule has 2 heterocycles. The zero-order valence-corrected chi connectivity index (χ0v) is 22.1. The van der Waals surface area contributed by atoms with Gasteiger partial charge < -0.3 is 11.1 Å². The van der Waals surface area contributed by atoms with Crippen molar-refractivity contribution in [2.45, 2.75) is 71.1 Å². The summed E-state index contributed by atoms with van der Waals surface area (Å²) in [6.45, 7) is 9.13. The zero-order chi connectivity index (χ0) is 26.4. The summed E-state index contributed by atoms with van der Waals surface area (Å²) in [5.74, 6) is -2.18. The van der Waals surface area contributed by atoms with Gasteiger partial charge in [-0.1, -0.05) is 64.2 Å². The van der Waals surface area contributed by atoms with Crippen LogP contribution in [0.25, 0.3) is 0 Å². The molecule has 194 valence electrons. The van der Waals surface area contributed by atoms with Crippen molar-refractivity contribution in [2.75, 3.05) is 11.4 Å². The Hall–Kier alpha value is -2.31. The van der Waals surface area contributed by atoms with E-state index in [0.717, 1.165) is 16.2 Å². The van der Waals surface area contributed by atoms with Crippen molar-refractivity contribution in [2.24, 2.45) is 11.7 Å². The average molecular weight is 532 g/mol. The Morgan fingerprint density at radius 2 is 1.91 bits per heavy atom. The number of alkyl halides is 3. The van der Waals surface area contributed by atoms with Gasteiger partial charge in [0.15, 0.2) is 0 Å². The van der Waals surface area contributed by atoms with Crippen LogP contribution >= 0.6 is 22.7 Å². The Balaban J connectivity index is 2.16. The Morgan fingerprint density at radius 3 is 2.43 bits per heavy atom. The molecule has 2 aromatic heterocycles. The molecule has 2 atom stereocenters. The summed E-state index contributed by atoms with van der Waals surface area (Å²) in [7, 11) is 0. The number of carbonyl (C=O) groups excluding carboxylic acids is 2. The normalized spacial score (nSPS) is 14.3. The number of carbonyl (C=O) groups is 2. The van der Waals surface area contributed by atoms with Crippen molar-refractivity contribution in [3.63, 3.8) is 0 Å². The smallest absolute Gasteiger partial charge is 0.349 e. The molecule has 35 heavy (non-hydrogen) atoms. The summed E-state index contributed by atoms with van der Waals surface area (Å²) in [6, 6.07) is 2.57. The Labute approximate surface area is 211 Å². The number of anilines is 1. The number of hydrogen-bond acceptors (Lipinski definition) is 7. The maximum absolute atomic E-state index is 13.3. The first kappa shape index (κ1) is 28.9. The van der Waals surface area contributed by atoms with Crippen LogP contribution in [0.15, 0.2) is 29.7 Å². The van der Waals surface area contributed by atoms with Gasteiger partial charge in [-0.25, -0.2) is 0 Å². The molecular formula is C23H32F3N5O2S2. The van der Waals surface area contributed by atoms with Crippen molar-refractivity contribution in [1.82, 2.24) is 15.5 Å². The average Bonchev–Trinajstić information content (AvgIpc) is 3.41. The highest BCUT2D eigenvalue weighted by Crippen LogP contribution is 2.32. The van der Waals surface area contributed by atoms with Crippen LogP contribution in [-0.4, -0.2) is 46.8 Å². The number of rotatable bonds is 10. The molecule has 2 aromatic rings. The molecule has 0 fully saturated rings. The first-order valence-corrected chi connectivity index (χ1v) is 12.9. The van der Waals surface area contributed by atoms with Crippen LogP contribution in [-0.2, 0) is 21.4 Å². The van der Waals surface area contributed by atoms with Gasteiger partial charge in [0.05, 0.1) is 6.04 Å². The summed E-state index contributed by atoms with van der Waals surface area (Å²) in [5, 5.41) is 12.9. The van der Waals surface area contributed by atoms with E-state index in [0.29, 0.717) is 22.7 Å². The molecule has 0 radical (unpaired) electrons. The lowest BCUT2D eigenvalue weighted by Gasteiger charge is -2.21. The number of amides is 2. The number of hydrogen-bond donors (Lipinski definition) is 2. The molecule has 0 aromatic carbocycles. The molecule has 2 amide bonds. The molecule has 0 spiro atoms. The number of nitrogens with one attached hydrogen (secondary N) is 1. The first-order chi connectivity index (χ1) is 16.2. The SMILES string of the molecule is CC(C)C[C@@H](/C=C/CN(C(=O)C(F)(F)F)c1nnc(C(C)(C)C)s1)NC(=O)[C@@H](N)Cc1cccs1. The molecule has 12 heteroatoms. The molecule has 0 aliphatic carbocycles. The highest BCUT2D eigenvalue weighted by molar-refractivity contribution is 7.15. The van der Waals surface area contributed by atoms with Crippen molar-refractivity contribution < 1.29 is 22.8 Å². The quantitative estimate of drug-likeness (QED) is 0.441. The fourth-order valence-corrected chi connectivity index (χ4v) is 4.76. The van der Waals surface area contributed by atoms with Crippen molar-refractivity contribution in [3.05, 3.63) is 39.5 Å². The number of thiophene rings is 1. The number of aromatic nitrogens is 2. The monoisotopic (exact) mass is 531 g/mol. The molecule has 0 bridgehead atoms. The van der Waals surface area contributed by atoms with Crippen molar-refractivity contribution in [1.29, 1.82) is 0 Å². The van der Waals surface area contributed by atoms with Gasteiger partial charge in [-0.3, -0.25) is 14.5 Å². The van der Waals surface area contributed by atoms with Crippen LogP contribution in [0.5, 0.6) is 0 Å². The summed E-state index contributed by atoms with van der Waals surface area (Å²) in [6.07, 6.45) is -1.10. The lowest BCUT2D eigenvalue weighted by molar-refractivity contribution is -0.170. The third-order valence-electron chi connectivity index (χ3n) is 4.82. The second kappa shape index (κ2) is 12.1. The number of nitrogens with zero attached hydrogens (tertiary/aromatic N) is 3. The van der Waals surface area contributed by atoms with Crippen LogP contribution in [0.3, 0.4) is 0 Å². The molecule has 0 saturated heterocycles. The van der Waals surface area contributed by atoms with Gasteiger partial charge in [0.2, 0.25) is 11.0 Å². The van der Waals surface area contributed by atoms with E-state index < -0.39 is 29.6 Å². The minimum absolute atomic E-state index is 0.135. The van der Waals surface area contributed by atoms with Gasteiger partial charge in [0, 0.05) is 29.3 Å². The van der Waals surface area contributed by atoms with Crippen molar-refractivity contribution >= 4 is 39.6 Å². The summed E-state index contributed by atoms with van der Waals surface area (Å²) in [5.41, 5.74) is 5.62. The minimum Gasteiger partial charge on any atom is -0.349 e. The highest BCUT2D eigenvalue weighted by atomic mass is 32.1. The molecule has 0 aliphatic rings. The highest BCUT2D eigenvalue weighted by Gasteiger charge is 2.44. The van der Waals surface area contributed by atoms with Crippen LogP contribution in [0.4, 0.5) is 18.3 Å². The molecule has 2 rings (SSSR count). The number of halogens is 3. The Morgan fingerprint density at radius 1 is 1.23 bits per heavy atom. The molecule has 0 unspecified atom stereocenters. The van der Waals surface area contributed by atoms with E-state index in [1.807, 2.05) is 52.1 Å². The standard InChI is InChI=1S/C23H32F3N5O2S2/c1-14(2)12-15(28-18(32)17(27)13-16-9-7-11-34-16)8-6-10-31(20(33)23(24,25)26)21-30-29-19(35-21)22(3,4)5/h6-9,11,14-15,17H,10,12-13,27H2,1-5H3,(H,28,32)/b8-6+/t15-,17+/m1/s1. The topological polar surface area (TPSA) is 101 Å². The van der Waals surface area contributed by atoms with E-state index in [1.165, 1.54) is 17.4 Å². The molecule has 7 nitrogen and oxygen atoms in total. The molecular weight excluding hydrogens is 499 g/mol. The van der Waals surface area contributed by atoms with Gasteiger partial charge in [0.1, 0.15) is 5.01 Å². The van der Waals surface area contributed by atoms with E-state index in [2.05, 4.69) is 15.5 Å². The fraction of sp³-hybridized carbons (Fsp3) is 0.565. The van der Waals surface area contributed by atoms with E-state index in [1.54, 1.807) is 6.08 Å². The van der Waals surface area contributed by atoms with Gasteiger partial charge >= 0.3 is 12.1 Å². The lowest BCUT2D eigenvalue weighted by Crippen LogP contribution is -2.46. The van der Waals surface area contributed by atoms with E-state index in [9.17, 15) is 22.8 Å². The van der Waals surface area contributed by atoms with E-state index in [-0.39, 0.29) is 23.5 Å². The lowest BCUT2D eigenvalue weighted by atomic mass is 9.98. The Bertz CT molecular complexity index is 998. The summed E-state index contributed by atoms with van der Waals surface area (Å²) >= 11 is 2.45. The molecule has 0 aliphatic heterocycles. The number of nitrogens with two attached hydrogens (primary N) is 1. The first-order valence-electron chi connectivity index (χ1n) is 11.2. The molecule has 0 saturated carbocycles. The van der Waals surface area contributed by atoms with Crippen LogP contribution in [0, 0.1) is 5.92 Å². The third kappa shape index (κ3) is 9.01. The van der Waals surface area contributed by atoms with E-state index in [4.69, 9.17) is 5.73 Å². The minimum atomic E-state index is -5.07. The molecule has 3 N–H and O–H groups in total. The second-order valence-electron chi connectivity index (χ2n) is 9.62. The Kier molecular flexibility index (Phi) is 9.99. The second-order valence-corrected chi connectivity index (χ2v) is 11.6. The van der Waals surface area contributed by atoms with Crippen LogP contribution in [0.1, 0.15) is 50.9 Å². The van der Waals surface area contributed by atoms with Gasteiger partial charge in [-0.15, -0.1) is 21.5 Å². The maximum atomic E-state index is 13.3.